The first-order chi connectivity index (χ1) is 11.7. The van der Waals surface area contributed by atoms with Crippen LogP contribution in [-0.2, 0) is 0 Å². The molecule has 5 nitrogen and oxygen atoms in total. The molecule has 2 aromatic rings. The highest BCUT2D eigenvalue weighted by molar-refractivity contribution is 5.95. The number of carbonyl (C=O) groups excluding carboxylic acids is 1. The van der Waals surface area contributed by atoms with E-state index in [-0.39, 0.29) is 5.91 Å². The smallest absolute Gasteiger partial charge is 0.254 e. The fraction of sp³-hybridized carbons (Fsp3) is 0.316. The number of nitrogens with zero attached hydrogens (tertiary/aromatic N) is 3. The molecule has 24 heavy (non-hydrogen) atoms. The van der Waals surface area contributed by atoms with Gasteiger partial charge in [0.1, 0.15) is 11.9 Å². The molecule has 1 amide bonds. The Bertz CT molecular complexity index is 730. The molecule has 0 fully saturated rings. The normalized spacial score (nSPS) is 10.0. The second-order valence-electron chi connectivity index (χ2n) is 5.50. The van der Waals surface area contributed by atoms with Crippen molar-refractivity contribution in [3.05, 3.63) is 53.7 Å². The van der Waals surface area contributed by atoms with Crippen molar-refractivity contribution < 1.29 is 4.79 Å². The van der Waals surface area contributed by atoms with Crippen LogP contribution in [0.3, 0.4) is 0 Å². The molecule has 5 heteroatoms. The van der Waals surface area contributed by atoms with Crippen LogP contribution in [0.5, 0.6) is 0 Å². The Balaban J connectivity index is 2.22. The number of benzene rings is 1. The standard InChI is InChI=1S/C19H22N4O/c1-3-11-23(12-4-2)19(24)15-9-10-21-18(13-15)22-17-8-6-5-7-16(17)14-20/h5-10,13H,3-4,11-12H2,1-2H3,(H,21,22). The average molecular weight is 322 g/mol. The topological polar surface area (TPSA) is 69.0 Å². The lowest BCUT2D eigenvalue weighted by Crippen LogP contribution is -2.32. The summed E-state index contributed by atoms with van der Waals surface area (Å²) in [5.41, 5.74) is 1.81. The van der Waals surface area contributed by atoms with E-state index >= 15 is 0 Å². The number of rotatable bonds is 7. The van der Waals surface area contributed by atoms with Gasteiger partial charge in [-0.25, -0.2) is 4.98 Å². The van der Waals surface area contributed by atoms with Crippen LogP contribution in [0.1, 0.15) is 42.6 Å². The van der Waals surface area contributed by atoms with E-state index in [4.69, 9.17) is 5.26 Å². The van der Waals surface area contributed by atoms with E-state index in [0.717, 1.165) is 25.9 Å². The van der Waals surface area contributed by atoms with Gasteiger partial charge in [0.2, 0.25) is 0 Å². The molecule has 1 N–H and O–H groups in total. The van der Waals surface area contributed by atoms with E-state index in [2.05, 4.69) is 30.2 Å². The van der Waals surface area contributed by atoms with Crippen molar-refractivity contribution in [1.29, 1.82) is 5.26 Å². The van der Waals surface area contributed by atoms with Crippen LogP contribution in [0.25, 0.3) is 0 Å². The molecule has 1 heterocycles. The molecule has 0 aliphatic carbocycles. The minimum atomic E-state index is 0.0118. The maximum atomic E-state index is 12.7. The molecule has 0 saturated heterocycles. The van der Waals surface area contributed by atoms with Crippen LogP contribution < -0.4 is 5.32 Å². The van der Waals surface area contributed by atoms with Gasteiger partial charge >= 0.3 is 0 Å². The predicted molar refractivity (Wildman–Crippen MR) is 95.2 cm³/mol. The molecule has 0 unspecified atom stereocenters. The zero-order valence-electron chi connectivity index (χ0n) is 14.1. The Hall–Kier alpha value is -2.87. The van der Waals surface area contributed by atoms with E-state index in [1.54, 1.807) is 24.4 Å². The zero-order chi connectivity index (χ0) is 17.4. The van der Waals surface area contributed by atoms with Gasteiger partial charge in [0.05, 0.1) is 11.3 Å². The van der Waals surface area contributed by atoms with Crippen molar-refractivity contribution in [2.75, 3.05) is 18.4 Å². The molecule has 0 aliphatic rings. The van der Waals surface area contributed by atoms with Gasteiger partial charge < -0.3 is 10.2 Å². The molecule has 0 spiro atoms. The number of aromatic nitrogens is 1. The summed E-state index contributed by atoms with van der Waals surface area (Å²) in [5.74, 6) is 0.564. The SMILES string of the molecule is CCCN(CCC)C(=O)c1ccnc(Nc2ccccc2C#N)c1. The first kappa shape index (κ1) is 17.5. The van der Waals surface area contributed by atoms with Crippen molar-refractivity contribution in [1.82, 2.24) is 9.88 Å². The third kappa shape index (κ3) is 4.32. The maximum absolute atomic E-state index is 12.7. The third-order valence-electron chi connectivity index (χ3n) is 3.59. The highest BCUT2D eigenvalue weighted by atomic mass is 16.2. The first-order valence-electron chi connectivity index (χ1n) is 8.21. The summed E-state index contributed by atoms with van der Waals surface area (Å²) < 4.78 is 0. The van der Waals surface area contributed by atoms with Crippen LogP contribution in [0.15, 0.2) is 42.6 Å². The molecule has 0 bridgehead atoms. The van der Waals surface area contributed by atoms with E-state index in [0.29, 0.717) is 22.6 Å². The van der Waals surface area contributed by atoms with Crippen molar-refractivity contribution in [3.63, 3.8) is 0 Å². The summed E-state index contributed by atoms with van der Waals surface area (Å²) >= 11 is 0. The summed E-state index contributed by atoms with van der Waals surface area (Å²) in [6.07, 6.45) is 3.47. The molecule has 0 radical (unpaired) electrons. The van der Waals surface area contributed by atoms with Crippen LogP contribution in [0, 0.1) is 11.3 Å². The fourth-order valence-electron chi connectivity index (χ4n) is 2.50. The lowest BCUT2D eigenvalue weighted by molar-refractivity contribution is 0.0755. The minimum absolute atomic E-state index is 0.0118. The summed E-state index contributed by atoms with van der Waals surface area (Å²) in [6, 6.07) is 12.8. The Labute approximate surface area is 142 Å². The molecule has 0 aliphatic heterocycles. The zero-order valence-corrected chi connectivity index (χ0v) is 14.1. The van der Waals surface area contributed by atoms with Crippen LogP contribution in [-0.4, -0.2) is 28.9 Å². The number of anilines is 2. The number of pyridine rings is 1. The number of amides is 1. The predicted octanol–water partition coefficient (Wildman–Crippen LogP) is 3.96. The number of carbonyl (C=O) groups is 1. The third-order valence-corrected chi connectivity index (χ3v) is 3.59. The molecule has 1 aromatic carbocycles. The van der Waals surface area contributed by atoms with Crippen LogP contribution >= 0.6 is 0 Å². The second kappa shape index (κ2) is 8.68. The summed E-state index contributed by atoms with van der Waals surface area (Å²) in [5, 5.41) is 12.3. The highest BCUT2D eigenvalue weighted by Crippen LogP contribution is 2.20. The van der Waals surface area contributed by atoms with E-state index < -0.39 is 0 Å². The van der Waals surface area contributed by atoms with E-state index in [9.17, 15) is 4.79 Å². The van der Waals surface area contributed by atoms with Gasteiger partial charge in [0.15, 0.2) is 0 Å². The van der Waals surface area contributed by atoms with E-state index in [1.165, 1.54) is 0 Å². The largest absolute Gasteiger partial charge is 0.339 e. The van der Waals surface area contributed by atoms with Crippen LogP contribution in [0.2, 0.25) is 0 Å². The van der Waals surface area contributed by atoms with Gasteiger partial charge in [-0.3, -0.25) is 4.79 Å². The van der Waals surface area contributed by atoms with Gasteiger partial charge in [0, 0.05) is 24.8 Å². The quantitative estimate of drug-likeness (QED) is 0.837. The molecule has 1 aromatic heterocycles. The molecule has 0 atom stereocenters. The Morgan fingerprint density at radius 2 is 1.92 bits per heavy atom. The average Bonchev–Trinajstić information content (AvgIpc) is 2.61. The monoisotopic (exact) mass is 322 g/mol. The van der Waals surface area contributed by atoms with E-state index in [1.807, 2.05) is 23.1 Å². The number of hydrogen-bond donors (Lipinski definition) is 1. The lowest BCUT2D eigenvalue weighted by atomic mass is 10.2. The first-order valence-corrected chi connectivity index (χ1v) is 8.21. The Morgan fingerprint density at radius 1 is 1.21 bits per heavy atom. The summed E-state index contributed by atoms with van der Waals surface area (Å²) in [6.45, 7) is 5.62. The second-order valence-corrected chi connectivity index (χ2v) is 5.50. The van der Waals surface area contributed by atoms with Gasteiger partial charge in [-0.1, -0.05) is 26.0 Å². The highest BCUT2D eigenvalue weighted by Gasteiger charge is 2.15. The van der Waals surface area contributed by atoms with Gasteiger partial charge in [-0.15, -0.1) is 0 Å². The Kier molecular flexibility index (Phi) is 6.32. The van der Waals surface area contributed by atoms with Gasteiger partial charge in [-0.2, -0.15) is 5.26 Å². The Morgan fingerprint density at radius 3 is 2.58 bits per heavy atom. The van der Waals surface area contributed by atoms with Gasteiger partial charge in [-0.05, 0) is 37.1 Å². The summed E-state index contributed by atoms with van der Waals surface area (Å²) in [4.78, 5) is 18.8. The number of nitriles is 1. The maximum Gasteiger partial charge on any atom is 0.254 e. The lowest BCUT2D eigenvalue weighted by Gasteiger charge is -2.21. The summed E-state index contributed by atoms with van der Waals surface area (Å²) in [7, 11) is 0. The molecule has 0 saturated carbocycles. The molecular weight excluding hydrogens is 300 g/mol. The number of para-hydroxylation sites is 1. The molecule has 2 rings (SSSR count). The van der Waals surface area contributed by atoms with Crippen molar-refractivity contribution in [3.8, 4) is 6.07 Å². The number of nitrogens with one attached hydrogen (secondary N) is 1. The number of hydrogen-bond acceptors (Lipinski definition) is 4. The molecule has 124 valence electrons. The minimum Gasteiger partial charge on any atom is -0.339 e. The van der Waals surface area contributed by atoms with Crippen molar-refractivity contribution in [2.45, 2.75) is 26.7 Å². The molecular formula is C19H22N4O. The van der Waals surface area contributed by atoms with Crippen LogP contribution in [0.4, 0.5) is 11.5 Å². The van der Waals surface area contributed by atoms with Crippen molar-refractivity contribution in [2.24, 2.45) is 0 Å². The van der Waals surface area contributed by atoms with Gasteiger partial charge in [0.25, 0.3) is 5.91 Å². The fourth-order valence-corrected chi connectivity index (χ4v) is 2.50. The van der Waals surface area contributed by atoms with Crippen molar-refractivity contribution >= 4 is 17.4 Å².